The summed E-state index contributed by atoms with van der Waals surface area (Å²) >= 11 is 0. The van der Waals surface area contributed by atoms with Gasteiger partial charge < -0.3 is 30.0 Å². The predicted molar refractivity (Wildman–Crippen MR) is 153 cm³/mol. The van der Waals surface area contributed by atoms with Crippen LogP contribution in [0.4, 0.5) is 4.39 Å². The van der Waals surface area contributed by atoms with Gasteiger partial charge in [-0.05, 0) is 68.2 Å². The number of primary amides is 1. The summed E-state index contributed by atoms with van der Waals surface area (Å²) in [4.78, 5) is 39.7. The first-order chi connectivity index (χ1) is 19.7. The summed E-state index contributed by atoms with van der Waals surface area (Å²) < 4.78 is 21.3. The highest BCUT2D eigenvalue weighted by Gasteiger charge is 2.32. The third kappa shape index (κ3) is 5.43. The number of aliphatic hydroxyl groups excluding tert-OH is 2. The molecule has 0 bridgehead atoms. The maximum Gasteiger partial charge on any atom is 0.257 e. The molecule has 220 valence electrons. The Morgan fingerprint density at radius 2 is 1.93 bits per heavy atom. The molecule has 4 N–H and O–H groups in total. The van der Waals surface area contributed by atoms with Crippen LogP contribution in [0, 0.1) is 18.7 Å². The zero-order chi connectivity index (χ0) is 30.0. The molecule has 6 rings (SSSR count). The number of carbonyl (C=O) groups is 2. The van der Waals surface area contributed by atoms with Crippen molar-refractivity contribution in [3.05, 3.63) is 61.7 Å². The minimum Gasteiger partial charge on any atom is -0.392 e. The van der Waals surface area contributed by atoms with Crippen molar-refractivity contribution < 1.29 is 28.9 Å². The Labute approximate surface area is 238 Å². The van der Waals surface area contributed by atoms with E-state index in [1.807, 2.05) is 13.8 Å². The van der Waals surface area contributed by atoms with Gasteiger partial charge in [-0.25, -0.2) is 9.37 Å². The summed E-state index contributed by atoms with van der Waals surface area (Å²) in [7, 11) is 1.46. The quantitative estimate of drug-likeness (QED) is 0.314. The largest absolute Gasteiger partial charge is 0.392 e. The van der Waals surface area contributed by atoms with Gasteiger partial charge in [-0.2, -0.15) is 0 Å². The van der Waals surface area contributed by atoms with Gasteiger partial charge in [0, 0.05) is 35.3 Å². The minimum atomic E-state index is -1.43. The van der Waals surface area contributed by atoms with Crippen molar-refractivity contribution in [2.24, 2.45) is 11.7 Å². The van der Waals surface area contributed by atoms with Gasteiger partial charge in [0.1, 0.15) is 11.9 Å². The summed E-state index contributed by atoms with van der Waals surface area (Å²) in [6.45, 7) is 6.16. The average Bonchev–Trinajstić information content (AvgIpc) is 3.58. The van der Waals surface area contributed by atoms with Crippen molar-refractivity contribution >= 4 is 23.1 Å². The summed E-state index contributed by atoms with van der Waals surface area (Å²) in [5.74, 6) is -0.911. The molecule has 0 spiro atoms. The number of benzene rings is 1. The van der Waals surface area contributed by atoms with Crippen LogP contribution in [0.2, 0.25) is 0 Å². The lowest BCUT2D eigenvalue weighted by Gasteiger charge is -2.21. The van der Waals surface area contributed by atoms with E-state index in [9.17, 15) is 23.9 Å². The van der Waals surface area contributed by atoms with Crippen molar-refractivity contribution in [2.75, 3.05) is 7.11 Å². The molecular formula is C31H38FN3O6. The molecule has 10 heteroatoms. The highest BCUT2D eigenvalue weighted by atomic mass is 19.1. The number of fused-ring (bicyclic) bond motifs is 4. The van der Waals surface area contributed by atoms with Crippen molar-refractivity contribution in [3.63, 3.8) is 0 Å². The first-order valence-electron chi connectivity index (χ1n) is 14.2. The highest BCUT2D eigenvalue weighted by Crippen LogP contribution is 2.41. The number of hydrogen-bond donors (Lipinski definition) is 3. The molecular weight excluding hydrogens is 529 g/mol. The molecule has 0 radical (unpaired) electrons. The summed E-state index contributed by atoms with van der Waals surface area (Å²) in [6, 6.07) is 3.10. The second-order valence-corrected chi connectivity index (χ2v) is 10.5. The molecule has 1 saturated carbocycles. The second kappa shape index (κ2) is 12.6. The number of hydrogen-bond acceptors (Lipinski definition) is 7. The number of ether oxygens (including phenoxy) is 1. The molecule has 9 nitrogen and oxygen atoms in total. The van der Waals surface area contributed by atoms with Crippen LogP contribution in [0.25, 0.3) is 22.3 Å². The Bertz CT molecular complexity index is 1550. The van der Waals surface area contributed by atoms with E-state index in [0.717, 1.165) is 60.6 Å². The third-order valence-corrected chi connectivity index (χ3v) is 8.24. The molecule has 2 aliphatic carbocycles. The lowest BCUT2D eigenvalue weighted by molar-refractivity contribution is -0.124. The van der Waals surface area contributed by atoms with Gasteiger partial charge in [0.25, 0.3) is 5.56 Å². The number of nitrogens with two attached hydrogens (primary N) is 1. The first kappa shape index (κ1) is 30.5. The molecule has 1 amide bonds. The third-order valence-electron chi connectivity index (χ3n) is 8.24. The van der Waals surface area contributed by atoms with E-state index in [-0.39, 0.29) is 40.9 Å². The summed E-state index contributed by atoms with van der Waals surface area (Å²) in [6.07, 6.45) is 3.48. The normalized spacial score (nSPS) is 18.9. The van der Waals surface area contributed by atoms with Gasteiger partial charge in [-0.15, -0.1) is 0 Å². The summed E-state index contributed by atoms with van der Waals surface area (Å²) in [5.41, 5.74) is 10.7. The monoisotopic (exact) mass is 567 g/mol. The molecule has 3 atom stereocenters. The standard InChI is InChI=1S/C23H21FN2O4.C6H11NO2.C2H6/c1-11-12-4-3-5-13-15-8-26-19(22(15)25-18(21(12)13)7-17(11)24)6-14(20(28)9-27)16(10-30-2)23(26)29;7-6(9)4-2-1-3-5(4)8;1-2/h6-7,9,20,28H,3-5,8,10H2,1-2H3;4-5,8H,1-3H2,(H2,7,9);1-2H3. The smallest absolute Gasteiger partial charge is 0.257 e. The number of aldehydes is 1. The lowest BCUT2D eigenvalue weighted by atomic mass is 9.85. The van der Waals surface area contributed by atoms with E-state index >= 15 is 0 Å². The van der Waals surface area contributed by atoms with Crippen molar-refractivity contribution in [3.8, 4) is 11.4 Å². The molecule has 41 heavy (non-hydrogen) atoms. The lowest BCUT2D eigenvalue weighted by Crippen LogP contribution is -2.28. The number of methoxy groups -OCH3 is 1. The fourth-order valence-electron chi connectivity index (χ4n) is 6.22. The van der Waals surface area contributed by atoms with Crippen LogP contribution in [0.1, 0.15) is 79.0 Å². The van der Waals surface area contributed by atoms with E-state index in [2.05, 4.69) is 0 Å². The van der Waals surface area contributed by atoms with Crippen LogP contribution < -0.4 is 11.3 Å². The molecule has 3 unspecified atom stereocenters. The van der Waals surface area contributed by atoms with Crippen LogP contribution in [0.5, 0.6) is 0 Å². The number of pyridine rings is 2. The van der Waals surface area contributed by atoms with Crippen LogP contribution in [0.3, 0.4) is 0 Å². The molecule has 1 fully saturated rings. The molecule has 3 aliphatic rings. The maximum atomic E-state index is 14.5. The molecule has 2 aromatic heterocycles. The molecule has 3 aromatic rings. The zero-order valence-corrected chi connectivity index (χ0v) is 24.0. The number of amides is 1. The fraction of sp³-hybridized carbons (Fsp3) is 0.484. The van der Waals surface area contributed by atoms with Crippen molar-refractivity contribution in [1.29, 1.82) is 0 Å². The van der Waals surface area contributed by atoms with Crippen molar-refractivity contribution in [1.82, 2.24) is 9.55 Å². The van der Waals surface area contributed by atoms with Crippen LogP contribution in [-0.2, 0) is 40.3 Å². The number of aliphatic hydroxyl groups is 2. The number of nitrogens with zero attached hydrogens (tertiary/aromatic N) is 2. The average molecular weight is 568 g/mol. The molecule has 1 aliphatic heterocycles. The van der Waals surface area contributed by atoms with Crippen LogP contribution in [0.15, 0.2) is 16.9 Å². The van der Waals surface area contributed by atoms with Gasteiger partial charge in [-0.3, -0.25) is 9.59 Å². The van der Waals surface area contributed by atoms with E-state index < -0.39 is 12.2 Å². The number of aromatic nitrogens is 2. The molecule has 1 aromatic carbocycles. The number of rotatable bonds is 5. The fourth-order valence-corrected chi connectivity index (χ4v) is 6.22. The SMILES string of the molecule is CC.COCc1c(C(O)C=O)cc2n(c1=O)Cc1c-2nc2cc(F)c(C)c3c2c1CCC3.NC(=O)C1CCCC1O. The molecule has 3 heterocycles. The van der Waals surface area contributed by atoms with Gasteiger partial charge >= 0.3 is 0 Å². The number of carbonyl (C=O) groups excluding carboxylic acids is 2. The highest BCUT2D eigenvalue weighted by molar-refractivity contribution is 5.92. The molecule has 0 saturated heterocycles. The minimum absolute atomic E-state index is 0.00743. The van der Waals surface area contributed by atoms with Gasteiger partial charge in [0.15, 0.2) is 6.29 Å². The van der Waals surface area contributed by atoms with E-state index in [4.69, 9.17) is 20.6 Å². The van der Waals surface area contributed by atoms with E-state index in [1.165, 1.54) is 13.2 Å². The Balaban J connectivity index is 0.000000299. The van der Waals surface area contributed by atoms with Gasteiger partial charge in [-0.1, -0.05) is 13.8 Å². The second-order valence-electron chi connectivity index (χ2n) is 10.5. The Kier molecular flexibility index (Phi) is 9.36. The Morgan fingerprint density at radius 3 is 2.51 bits per heavy atom. The Hall–Kier alpha value is -3.47. The van der Waals surface area contributed by atoms with Gasteiger partial charge in [0.2, 0.25) is 5.91 Å². The maximum absolute atomic E-state index is 14.5. The van der Waals surface area contributed by atoms with E-state index in [0.29, 0.717) is 35.3 Å². The van der Waals surface area contributed by atoms with Gasteiger partial charge in [0.05, 0.1) is 42.1 Å². The number of aryl methyl sites for hydroxylation is 2. The van der Waals surface area contributed by atoms with Crippen LogP contribution >= 0.6 is 0 Å². The Morgan fingerprint density at radius 1 is 1.22 bits per heavy atom. The van der Waals surface area contributed by atoms with Crippen LogP contribution in [-0.4, -0.2) is 45.2 Å². The zero-order valence-electron chi connectivity index (χ0n) is 24.0. The van der Waals surface area contributed by atoms with Crippen molar-refractivity contribution in [2.45, 2.75) is 84.7 Å². The summed E-state index contributed by atoms with van der Waals surface area (Å²) in [5, 5.41) is 20.2. The number of halogens is 1. The first-order valence-corrected chi connectivity index (χ1v) is 14.2. The predicted octanol–water partition coefficient (Wildman–Crippen LogP) is 3.40. The topological polar surface area (TPSA) is 145 Å². The van der Waals surface area contributed by atoms with E-state index in [1.54, 1.807) is 17.6 Å².